The van der Waals surface area contributed by atoms with Gasteiger partial charge in [-0.2, -0.15) is 0 Å². The van der Waals surface area contributed by atoms with Gasteiger partial charge in [0.2, 0.25) is 0 Å². The third kappa shape index (κ3) is 2.97. The minimum absolute atomic E-state index is 0.215. The molecule has 2 unspecified atom stereocenters. The van der Waals surface area contributed by atoms with Crippen LogP contribution < -0.4 is 9.84 Å². The van der Waals surface area contributed by atoms with Gasteiger partial charge >= 0.3 is 0 Å². The van der Waals surface area contributed by atoms with Crippen LogP contribution in [0.5, 0.6) is 5.75 Å². The largest absolute Gasteiger partial charge is 0.549 e. The zero-order chi connectivity index (χ0) is 17.7. The van der Waals surface area contributed by atoms with Crippen molar-refractivity contribution in [3.05, 3.63) is 53.5 Å². The van der Waals surface area contributed by atoms with Crippen LogP contribution in [0.2, 0.25) is 0 Å². The van der Waals surface area contributed by atoms with Crippen molar-refractivity contribution in [2.24, 2.45) is 5.92 Å². The first-order valence-electron chi connectivity index (χ1n) is 7.42. The summed E-state index contributed by atoms with van der Waals surface area (Å²) >= 11 is 0. The van der Waals surface area contributed by atoms with E-state index in [-0.39, 0.29) is 12.2 Å². The first-order valence-corrected chi connectivity index (χ1v) is 7.42. The Hall–Kier alpha value is -2.47. The lowest BCUT2D eigenvalue weighted by Crippen LogP contribution is -2.54. The average Bonchev–Trinajstić information content (AvgIpc) is 2.61. The first kappa shape index (κ1) is 17.9. The number of hydrogen-bond donors (Lipinski definition) is 0. The van der Waals surface area contributed by atoms with E-state index < -0.39 is 17.5 Å². The molecule has 0 saturated heterocycles. The molecule has 1 aromatic rings. The Labute approximate surface area is 141 Å². The Morgan fingerprint density at radius 1 is 1.08 bits per heavy atom. The number of carbonyl (C=O) groups is 1. The van der Waals surface area contributed by atoms with Gasteiger partial charge in [-0.1, -0.05) is 18.2 Å². The number of allylic oxidation sites excluding steroid dienone is 2. The summed E-state index contributed by atoms with van der Waals surface area (Å²) in [5.41, 5.74) is -0.518. The van der Waals surface area contributed by atoms with Crippen molar-refractivity contribution in [2.75, 3.05) is 28.4 Å². The number of carbonyl (C=O) groups excluding carboxylic acids is 1. The maximum Gasteiger partial charge on any atom is 0.144 e. The number of ether oxygens (including phenoxy) is 4. The van der Waals surface area contributed by atoms with Gasteiger partial charge in [-0.15, -0.1) is 0 Å². The highest BCUT2D eigenvalue weighted by Gasteiger charge is 2.49. The maximum absolute atomic E-state index is 11.9. The van der Waals surface area contributed by atoms with Gasteiger partial charge in [0.15, 0.2) is 0 Å². The van der Waals surface area contributed by atoms with Crippen molar-refractivity contribution in [1.82, 2.24) is 0 Å². The normalized spacial score (nSPS) is 23.1. The van der Waals surface area contributed by atoms with Crippen molar-refractivity contribution in [3.63, 3.8) is 0 Å². The molecule has 1 aliphatic rings. The van der Waals surface area contributed by atoms with Crippen LogP contribution in [-0.4, -0.2) is 40.0 Å². The molecule has 0 bridgehead atoms. The van der Waals surface area contributed by atoms with Crippen molar-refractivity contribution in [3.8, 4) is 5.75 Å². The van der Waals surface area contributed by atoms with E-state index in [1.807, 2.05) is 18.2 Å². The van der Waals surface area contributed by atoms with Gasteiger partial charge in [0, 0.05) is 13.5 Å². The van der Waals surface area contributed by atoms with Crippen LogP contribution in [0.25, 0.3) is 0 Å². The number of carboxylic acids is 1. The monoisotopic (exact) mass is 333 g/mol. The van der Waals surface area contributed by atoms with E-state index in [9.17, 15) is 9.90 Å². The number of rotatable bonds is 7. The van der Waals surface area contributed by atoms with Crippen molar-refractivity contribution < 1.29 is 28.8 Å². The molecule has 0 heterocycles. The summed E-state index contributed by atoms with van der Waals surface area (Å²) in [5.74, 6) is -1.20. The molecule has 6 heteroatoms. The van der Waals surface area contributed by atoms with E-state index in [4.69, 9.17) is 18.9 Å². The summed E-state index contributed by atoms with van der Waals surface area (Å²) in [6.07, 6.45) is 3.42. The molecule has 0 saturated carbocycles. The fourth-order valence-corrected chi connectivity index (χ4v) is 3.11. The second kappa shape index (κ2) is 7.40. The van der Waals surface area contributed by atoms with E-state index in [2.05, 4.69) is 0 Å². The van der Waals surface area contributed by atoms with Crippen molar-refractivity contribution in [2.45, 2.75) is 12.0 Å². The molecule has 0 aliphatic heterocycles. The number of benzene rings is 1. The van der Waals surface area contributed by atoms with Crippen LogP contribution >= 0.6 is 0 Å². The number of methoxy groups -OCH3 is 4. The highest BCUT2D eigenvalue weighted by Crippen LogP contribution is 2.42. The predicted molar refractivity (Wildman–Crippen MR) is 85.1 cm³/mol. The number of hydrogen-bond acceptors (Lipinski definition) is 6. The second-order valence-corrected chi connectivity index (χ2v) is 5.34. The zero-order valence-corrected chi connectivity index (χ0v) is 14.2. The summed E-state index contributed by atoms with van der Waals surface area (Å²) in [7, 11) is 5.89. The highest BCUT2D eigenvalue weighted by molar-refractivity contribution is 5.75. The molecule has 0 radical (unpaired) electrons. The van der Waals surface area contributed by atoms with Gasteiger partial charge < -0.3 is 28.8 Å². The predicted octanol–water partition coefficient (Wildman–Crippen LogP) is 1.06. The molecule has 1 aliphatic carbocycles. The Bertz CT molecular complexity index is 663. The molecular weight excluding hydrogens is 312 g/mol. The third-order valence-electron chi connectivity index (χ3n) is 4.27. The third-order valence-corrected chi connectivity index (χ3v) is 4.27. The number of para-hydroxylation sites is 1. The Kier molecular flexibility index (Phi) is 5.51. The Morgan fingerprint density at radius 3 is 2.33 bits per heavy atom. The lowest BCUT2D eigenvalue weighted by Gasteiger charge is -2.43. The molecule has 6 nitrogen and oxygen atoms in total. The van der Waals surface area contributed by atoms with E-state index in [1.54, 1.807) is 25.3 Å². The smallest absolute Gasteiger partial charge is 0.144 e. The van der Waals surface area contributed by atoms with E-state index in [0.717, 1.165) is 5.56 Å². The fourth-order valence-electron chi connectivity index (χ4n) is 3.11. The van der Waals surface area contributed by atoms with Crippen LogP contribution in [0.15, 0.2) is 47.9 Å². The van der Waals surface area contributed by atoms with Crippen LogP contribution in [0.4, 0.5) is 0 Å². The van der Waals surface area contributed by atoms with Crippen LogP contribution in [0.1, 0.15) is 5.56 Å². The van der Waals surface area contributed by atoms with Crippen LogP contribution in [-0.2, 0) is 25.4 Å². The van der Waals surface area contributed by atoms with Gasteiger partial charge in [-0.3, -0.25) is 0 Å². The van der Waals surface area contributed by atoms with Crippen LogP contribution in [0.3, 0.4) is 0 Å². The Balaban J connectivity index is 2.59. The van der Waals surface area contributed by atoms with Gasteiger partial charge in [-0.25, -0.2) is 0 Å². The standard InChI is InChI=1S/C18H22O6/c1-21-13-8-6-5-7-12(13)11-18(24-4)15(23-3)10-9-14(22-2)16(18)17(19)20/h5-10,16H,11H2,1-4H3,(H,19,20)/p-1. The van der Waals surface area contributed by atoms with Gasteiger partial charge in [0.1, 0.15) is 22.9 Å². The lowest BCUT2D eigenvalue weighted by molar-refractivity contribution is -0.317. The van der Waals surface area contributed by atoms with Gasteiger partial charge in [-0.05, 0) is 23.8 Å². The van der Waals surface area contributed by atoms with E-state index in [1.165, 1.54) is 21.3 Å². The van der Waals surface area contributed by atoms with E-state index in [0.29, 0.717) is 11.5 Å². The first-order chi connectivity index (χ1) is 11.5. The molecule has 24 heavy (non-hydrogen) atoms. The molecule has 0 amide bonds. The van der Waals surface area contributed by atoms with Crippen molar-refractivity contribution in [1.29, 1.82) is 0 Å². The minimum Gasteiger partial charge on any atom is -0.549 e. The lowest BCUT2D eigenvalue weighted by atomic mass is 9.76. The molecule has 2 rings (SSSR count). The SMILES string of the molecule is COC1=CC=C(OC)C(Cc2ccccc2OC)(OC)C1C(=O)[O-]. The average molecular weight is 333 g/mol. The van der Waals surface area contributed by atoms with Gasteiger partial charge in [0.25, 0.3) is 0 Å². The van der Waals surface area contributed by atoms with Crippen LogP contribution in [0, 0.1) is 5.92 Å². The molecule has 1 aromatic carbocycles. The Morgan fingerprint density at radius 2 is 1.79 bits per heavy atom. The highest BCUT2D eigenvalue weighted by atomic mass is 16.5. The summed E-state index contributed by atoms with van der Waals surface area (Å²) in [5, 5.41) is 11.9. The summed E-state index contributed by atoms with van der Waals surface area (Å²) in [6.45, 7) is 0. The molecular formula is C18H21O6-. The number of carboxylic acid groups (broad SMARTS) is 1. The quantitative estimate of drug-likeness (QED) is 0.743. The minimum atomic E-state index is -1.30. The summed E-state index contributed by atoms with van der Waals surface area (Å²) in [4.78, 5) is 11.9. The maximum atomic E-state index is 11.9. The molecule has 0 aromatic heterocycles. The zero-order valence-electron chi connectivity index (χ0n) is 14.2. The topological polar surface area (TPSA) is 77.0 Å². The van der Waals surface area contributed by atoms with E-state index >= 15 is 0 Å². The molecule has 0 spiro atoms. The fraction of sp³-hybridized carbons (Fsp3) is 0.389. The summed E-state index contributed by atoms with van der Waals surface area (Å²) in [6, 6.07) is 7.34. The molecule has 0 fully saturated rings. The second-order valence-electron chi connectivity index (χ2n) is 5.34. The molecule has 130 valence electrons. The van der Waals surface area contributed by atoms with Crippen molar-refractivity contribution >= 4 is 5.97 Å². The van der Waals surface area contributed by atoms with Gasteiger partial charge in [0.05, 0.1) is 33.2 Å². The molecule has 2 atom stereocenters. The number of aliphatic carboxylic acids is 1. The summed E-state index contributed by atoms with van der Waals surface area (Å²) < 4.78 is 21.7. The molecule has 0 N–H and O–H groups in total.